The number of rotatable bonds is 0. The molecular formula is C3H3Cl2N3S. The lowest BCUT2D eigenvalue weighted by Crippen LogP contribution is -1.97. The average Bonchev–Trinajstić information content (AvgIpc) is 1.59. The van der Waals surface area contributed by atoms with Gasteiger partial charge in [-0.05, 0) is 23.2 Å². The van der Waals surface area contributed by atoms with E-state index in [0.717, 1.165) is 0 Å². The van der Waals surface area contributed by atoms with Gasteiger partial charge < -0.3 is 0 Å². The molecular weight excluding hydrogens is 181 g/mol. The molecule has 1 atom stereocenters. The minimum Gasteiger partial charge on any atom is -0.186 e. The van der Waals surface area contributed by atoms with Crippen LogP contribution in [0.5, 0.6) is 0 Å². The van der Waals surface area contributed by atoms with Crippen molar-refractivity contribution in [3.05, 3.63) is 0 Å². The fourth-order valence-electron chi connectivity index (χ4n) is 0.355. The van der Waals surface area contributed by atoms with Crippen molar-refractivity contribution >= 4 is 44.7 Å². The summed E-state index contributed by atoms with van der Waals surface area (Å²) >= 11 is 10.9. The molecule has 1 unspecified atom stereocenters. The Morgan fingerprint density at radius 3 is 2.44 bits per heavy atom. The van der Waals surface area contributed by atoms with Gasteiger partial charge in [-0.25, -0.2) is 0 Å². The number of halogens is 2. The lowest BCUT2D eigenvalue weighted by molar-refractivity contribution is 1.61. The van der Waals surface area contributed by atoms with E-state index in [1.807, 2.05) is 0 Å². The van der Waals surface area contributed by atoms with Gasteiger partial charge in [0.05, 0.1) is 0 Å². The van der Waals surface area contributed by atoms with E-state index < -0.39 is 10.9 Å². The van der Waals surface area contributed by atoms with Gasteiger partial charge in [0.25, 0.3) is 0 Å². The number of aliphatic imine (C=N–C) groups is 1. The van der Waals surface area contributed by atoms with Crippen LogP contribution in [0.3, 0.4) is 0 Å². The molecule has 0 saturated heterocycles. The highest BCUT2D eigenvalue weighted by Gasteiger charge is 2.01. The molecule has 0 aliphatic carbocycles. The van der Waals surface area contributed by atoms with Crippen molar-refractivity contribution in [1.29, 1.82) is 0 Å². The van der Waals surface area contributed by atoms with Crippen LogP contribution in [0.4, 0.5) is 0 Å². The average molecular weight is 184 g/mol. The first kappa shape index (κ1) is 7.18. The molecule has 0 aromatic carbocycles. The quantitative estimate of drug-likeness (QED) is 0.512. The molecule has 6 heteroatoms. The molecule has 1 aliphatic rings. The summed E-state index contributed by atoms with van der Waals surface area (Å²) in [5, 5.41) is 0.363. The zero-order valence-electron chi connectivity index (χ0n) is 4.51. The van der Waals surface area contributed by atoms with Crippen LogP contribution in [-0.4, -0.2) is 16.8 Å². The highest BCUT2D eigenvalue weighted by atomic mass is 35.5. The Morgan fingerprint density at radius 1 is 1.33 bits per heavy atom. The van der Waals surface area contributed by atoms with Crippen LogP contribution in [-0.2, 0) is 10.9 Å². The first-order chi connectivity index (χ1) is 4.18. The Bertz CT molecular complexity index is 173. The maximum atomic E-state index is 5.43. The van der Waals surface area contributed by atoms with Gasteiger partial charge in [0.15, 0.2) is 0 Å². The van der Waals surface area contributed by atoms with Gasteiger partial charge in [0.2, 0.25) is 10.6 Å². The van der Waals surface area contributed by atoms with Crippen molar-refractivity contribution in [1.82, 2.24) is 0 Å². The number of hydrogen-bond acceptors (Lipinski definition) is 3. The molecule has 0 fully saturated rings. The fraction of sp³-hybridized carbons (Fsp3) is 0.333. The molecule has 0 N–H and O–H groups in total. The Kier molecular flexibility index (Phi) is 2.21. The number of nitrogens with zero attached hydrogens (tertiary/aromatic N) is 3. The molecule has 1 rings (SSSR count). The summed E-state index contributed by atoms with van der Waals surface area (Å²) in [6.07, 6.45) is 1.81. The van der Waals surface area contributed by atoms with Crippen LogP contribution < -0.4 is 0 Å². The standard InChI is InChI=1S/C3H3Cl2N3S/c1-9-7-2(4)6-3(5)8-9/h1H3. The fourth-order valence-corrected chi connectivity index (χ4v) is 1.72. The third kappa shape index (κ3) is 2.04. The summed E-state index contributed by atoms with van der Waals surface area (Å²) in [5.74, 6) is 0. The van der Waals surface area contributed by atoms with Gasteiger partial charge in [-0.3, -0.25) is 0 Å². The lowest BCUT2D eigenvalue weighted by Gasteiger charge is -1.97. The van der Waals surface area contributed by atoms with Crippen molar-refractivity contribution in [3.63, 3.8) is 0 Å². The molecule has 0 bridgehead atoms. The van der Waals surface area contributed by atoms with Crippen LogP contribution in [0, 0.1) is 0 Å². The second-order valence-electron chi connectivity index (χ2n) is 1.28. The third-order valence-electron chi connectivity index (χ3n) is 0.599. The van der Waals surface area contributed by atoms with Gasteiger partial charge >= 0.3 is 0 Å². The Morgan fingerprint density at radius 2 is 2.00 bits per heavy atom. The monoisotopic (exact) mass is 183 g/mol. The predicted molar refractivity (Wildman–Crippen MR) is 42.3 cm³/mol. The van der Waals surface area contributed by atoms with Gasteiger partial charge in [-0.2, -0.15) is 13.8 Å². The van der Waals surface area contributed by atoms with E-state index in [2.05, 4.69) is 13.8 Å². The van der Waals surface area contributed by atoms with E-state index in [4.69, 9.17) is 23.2 Å². The Balaban J connectivity index is 2.98. The molecule has 0 saturated carbocycles. The Labute approximate surface area is 65.0 Å². The Hall–Kier alpha value is 0.0700. The van der Waals surface area contributed by atoms with Gasteiger partial charge in [-0.1, -0.05) is 0 Å². The van der Waals surface area contributed by atoms with Gasteiger partial charge in [0, 0.05) is 17.1 Å². The molecule has 0 aromatic heterocycles. The van der Waals surface area contributed by atoms with Gasteiger partial charge in [-0.15, -0.1) is 0 Å². The molecule has 0 radical (unpaired) electrons. The zero-order valence-corrected chi connectivity index (χ0v) is 6.83. The number of hydrogen-bond donors (Lipinski definition) is 0. The maximum Gasteiger partial charge on any atom is 0.232 e. The minimum absolute atomic E-state index is 0.181. The van der Waals surface area contributed by atoms with Crippen LogP contribution in [0.2, 0.25) is 0 Å². The molecule has 3 nitrogen and oxygen atoms in total. The summed E-state index contributed by atoms with van der Waals surface area (Å²) in [6.45, 7) is 0. The minimum atomic E-state index is -0.432. The van der Waals surface area contributed by atoms with Crippen molar-refractivity contribution < 1.29 is 0 Å². The molecule has 1 aliphatic heterocycles. The summed E-state index contributed by atoms with van der Waals surface area (Å²) < 4.78 is 7.61. The van der Waals surface area contributed by atoms with E-state index in [0.29, 0.717) is 0 Å². The summed E-state index contributed by atoms with van der Waals surface area (Å²) in [7, 11) is -0.432. The van der Waals surface area contributed by atoms with Crippen LogP contribution in [0.25, 0.3) is 0 Å². The first-order valence-electron chi connectivity index (χ1n) is 2.05. The van der Waals surface area contributed by atoms with E-state index in [9.17, 15) is 0 Å². The highest BCUT2D eigenvalue weighted by molar-refractivity contribution is 7.86. The summed E-state index contributed by atoms with van der Waals surface area (Å²) in [5.41, 5.74) is 0. The topological polar surface area (TPSA) is 37.1 Å². The summed E-state index contributed by atoms with van der Waals surface area (Å²) in [4.78, 5) is 3.57. The normalized spacial score (nSPS) is 26.3. The molecule has 0 amide bonds. The SMILES string of the molecule is CS1=NC(Cl)=NC(Cl)=N1. The second kappa shape index (κ2) is 2.77. The number of amidine groups is 2. The van der Waals surface area contributed by atoms with Crippen LogP contribution in [0.1, 0.15) is 0 Å². The highest BCUT2D eigenvalue weighted by Crippen LogP contribution is 2.04. The van der Waals surface area contributed by atoms with Crippen molar-refractivity contribution in [2.75, 3.05) is 6.26 Å². The maximum absolute atomic E-state index is 5.43. The first-order valence-corrected chi connectivity index (χ1v) is 4.35. The third-order valence-corrected chi connectivity index (χ3v) is 2.01. The molecule has 1 heterocycles. The van der Waals surface area contributed by atoms with Crippen LogP contribution >= 0.6 is 23.2 Å². The van der Waals surface area contributed by atoms with E-state index >= 15 is 0 Å². The lowest BCUT2D eigenvalue weighted by atomic mass is 11.2. The van der Waals surface area contributed by atoms with E-state index in [1.54, 1.807) is 6.26 Å². The van der Waals surface area contributed by atoms with Crippen LogP contribution in [0.15, 0.2) is 13.8 Å². The van der Waals surface area contributed by atoms with E-state index in [-0.39, 0.29) is 10.6 Å². The molecule has 9 heavy (non-hydrogen) atoms. The zero-order chi connectivity index (χ0) is 6.85. The second-order valence-corrected chi connectivity index (χ2v) is 3.21. The van der Waals surface area contributed by atoms with E-state index in [1.165, 1.54) is 0 Å². The largest absolute Gasteiger partial charge is 0.232 e. The molecule has 0 aromatic rings. The predicted octanol–water partition coefficient (Wildman–Crippen LogP) is 1.54. The van der Waals surface area contributed by atoms with Gasteiger partial charge in [0.1, 0.15) is 0 Å². The van der Waals surface area contributed by atoms with Crippen molar-refractivity contribution in [2.45, 2.75) is 0 Å². The van der Waals surface area contributed by atoms with Crippen molar-refractivity contribution in [3.8, 4) is 0 Å². The summed E-state index contributed by atoms with van der Waals surface area (Å²) in [6, 6.07) is 0. The van der Waals surface area contributed by atoms with Crippen molar-refractivity contribution in [2.24, 2.45) is 13.8 Å². The smallest absolute Gasteiger partial charge is 0.186 e. The molecule has 0 spiro atoms. The molecule has 50 valence electrons.